The molecule has 1 heterocycles. The molecule has 0 N–H and O–H groups in total. The smallest absolute Gasteiger partial charge is 0.306 e. The van der Waals surface area contributed by atoms with Crippen LogP contribution >= 0.6 is 11.3 Å². The summed E-state index contributed by atoms with van der Waals surface area (Å²) in [6, 6.07) is 13.9. The van der Waals surface area contributed by atoms with Gasteiger partial charge in [0.1, 0.15) is 12.4 Å². The summed E-state index contributed by atoms with van der Waals surface area (Å²) in [5, 5.41) is 9.89. The second kappa shape index (κ2) is 8.54. The molecule has 0 spiro atoms. The fourth-order valence-corrected chi connectivity index (χ4v) is 3.57. The number of benzene rings is 2. The van der Waals surface area contributed by atoms with Crippen LogP contribution in [0.15, 0.2) is 42.5 Å². The highest BCUT2D eigenvalue weighted by atomic mass is 32.1. The highest BCUT2D eigenvalue weighted by Crippen LogP contribution is 2.23. The van der Waals surface area contributed by atoms with E-state index in [1.807, 2.05) is 30.3 Å². The van der Waals surface area contributed by atoms with Crippen LogP contribution in [0.1, 0.15) is 35.4 Å². The molecule has 0 unspecified atom stereocenters. The molecule has 0 fully saturated rings. The molecule has 6 heteroatoms. The summed E-state index contributed by atoms with van der Waals surface area (Å²) in [7, 11) is 0. The summed E-state index contributed by atoms with van der Waals surface area (Å²) in [5.74, 6) is -0.844. The number of nitriles is 1. The van der Waals surface area contributed by atoms with Crippen molar-refractivity contribution >= 4 is 27.5 Å². The third kappa shape index (κ3) is 4.64. The maximum Gasteiger partial charge on any atom is 0.306 e. The van der Waals surface area contributed by atoms with Crippen LogP contribution in [0.5, 0.6) is 0 Å². The molecule has 0 aliphatic carbocycles. The van der Waals surface area contributed by atoms with E-state index >= 15 is 0 Å². The van der Waals surface area contributed by atoms with Gasteiger partial charge in [-0.05, 0) is 49.6 Å². The Kier molecular flexibility index (Phi) is 5.92. The number of aromatic nitrogens is 1. The van der Waals surface area contributed by atoms with Gasteiger partial charge in [-0.2, -0.15) is 5.26 Å². The number of halogens is 1. The molecule has 0 amide bonds. The zero-order valence-corrected chi connectivity index (χ0v) is 14.9. The minimum absolute atomic E-state index is 0.155. The zero-order chi connectivity index (χ0) is 18.4. The Morgan fingerprint density at radius 1 is 1.23 bits per heavy atom. The molecule has 0 aliphatic heterocycles. The molecule has 4 nitrogen and oxygen atoms in total. The quantitative estimate of drug-likeness (QED) is 0.445. The minimum Gasteiger partial charge on any atom is -0.461 e. The van der Waals surface area contributed by atoms with Gasteiger partial charge in [-0.25, -0.2) is 9.37 Å². The number of ether oxygens (including phenoxy) is 1. The van der Waals surface area contributed by atoms with E-state index in [-0.39, 0.29) is 24.6 Å². The Bertz CT molecular complexity index is 929. The summed E-state index contributed by atoms with van der Waals surface area (Å²) in [6.45, 7) is -0.155. The molecule has 0 atom stereocenters. The molecular weight excluding hydrogens is 351 g/mol. The first-order valence-corrected chi connectivity index (χ1v) is 9.16. The normalized spacial score (nSPS) is 10.6. The van der Waals surface area contributed by atoms with Crippen LogP contribution in [0.25, 0.3) is 10.2 Å². The first-order chi connectivity index (χ1) is 12.7. The summed E-state index contributed by atoms with van der Waals surface area (Å²) >= 11 is 1.67. The topological polar surface area (TPSA) is 63.0 Å². The van der Waals surface area contributed by atoms with Crippen molar-refractivity contribution in [3.8, 4) is 6.07 Å². The SMILES string of the molecule is N#Cc1ccc(F)c(COC(=O)CCCCc2nc3ccccc3s2)c1. The van der Waals surface area contributed by atoms with Gasteiger partial charge in [0.15, 0.2) is 0 Å². The average Bonchev–Trinajstić information content (AvgIpc) is 3.07. The zero-order valence-electron chi connectivity index (χ0n) is 14.1. The van der Waals surface area contributed by atoms with Crippen LogP contribution in [-0.2, 0) is 22.6 Å². The van der Waals surface area contributed by atoms with Gasteiger partial charge in [-0.15, -0.1) is 11.3 Å². The number of unbranched alkanes of at least 4 members (excludes halogenated alkanes) is 1. The van der Waals surface area contributed by atoms with Crippen LogP contribution in [-0.4, -0.2) is 11.0 Å². The van der Waals surface area contributed by atoms with E-state index in [1.165, 1.54) is 22.9 Å². The molecule has 1 aromatic heterocycles. The first-order valence-electron chi connectivity index (χ1n) is 8.34. The number of carbonyl (C=O) groups excluding carboxylic acids is 1. The van der Waals surface area contributed by atoms with Crippen molar-refractivity contribution in [1.82, 2.24) is 4.98 Å². The fourth-order valence-electron chi connectivity index (χ4n) is 2.56. The molecule has 132 valence electrons. The molecule has 0 bridgehead atoms. The average molecular weight is 368 g/mol. The maximum absolute atomic E-state index is 13.6. The monoisotopic (exact) mass is 368 g/mol. The van der Waals surface area contributed by atoms with Crippen molar-refractivity contribution in [3.63, 3.8) is 0 Å². The Hall–Kier alpha value is -2.78. The molecule has 3 rings (SSSR count). The van der Waals surface area contributed by atoms with Crippen molar-refractivity contribution in [2.75, 3.05) is 0 Å². The Morgan fingerprint density at radius 3 is 2.88 bits per heavy atom. The lowest BCUT2D eigenvalue weighted by Crippen LogP contribution is -2.06. The number of rotatable bonds is 7. The number of carbonyl (C=O) groups is 1. The minimum atomic E-state index is -0.479. The standard InChI is InChI=1S/C20H17FN2O2S/c21-16-10-9-14(12-22)11-15(16)13-25-20(24)8-4-3-7-19-23-17-5-1-2-6-18(17)26-19/h1-2,5-6,9-11H,3-4,7-8,13H2. The number of aryl methyl sites for hydroxylation is 1. The van der Waals surface area contributed by atoms with Crippen LogP contribution in [0.3, 0.4) is 0 Å². The van der Waals surface area contributed by atoms with Crippen molar-refractivity contribution in [2.45, 2.75) is 32.3 Å². The van der Waals surface area contributed by atoms with Crippen LogP contribution in [0, 0.1) is 17.1 Å². The van der Waals surface area contributed by atoms with E-state index in [0.717, 1.165) is 23.4 Å². The molecule has 3 aromatic rings. The Morgan fingerprint density at radius 2 is 2.08 bits per heavy atom. The van der Waals surface area contributed by atoms with Crippen molar-refractivity contribution in [1.29, 1.82) is 5.26 Å². The molecule has 0 radical (unpaired) electrons. The predicted molar refractivity (Wildman–Crippen MR) is 98.1 cm³/mol. The van der Waals surface area contributed by atoms with E-state index in [0.29, 0.717) is 12.0 Å². The van der Waals surface area contributed by atoms with Gasteiger partial charge in [-0.1, -0.05) is 12.1 Å². The van der Waals surface area contributed by atoms with Crippen molar-refractivity contribution in [3.05, 3.63) is 64.4 Å². The third-order valence-corrected chi connectivity index (χ3v) is 5.02. The molecule has 26 heavy (non-hydrogen) atoms. The first kappa shape index (κ1) is 18.0. The summed E-state index contributed by atoms with van der Waals surface area (Å²) in [5.41, 5.74) is 1.56. The van der Waals surface area contributed by atoms with Crippen LogP contribution < -0.4 is 0 Å². The second-order valence-electron chi connectivity index (χ2n) is 5.86. The molecule has 0 saturated heterocycles. The van der Waals surface area contributed by atoms with Crippen LogP contribution in [0.2, 0.25) is 0 Å². The number of hydrogen-bond acceptors (Lipinski definition) is 5. The second-order valence-corrected chi connectivity index (χ2v) is 6.98. The number of para-hydroxylation sites is 1. The number of hydrogen-bond donors (Lipinski definition) is 0. The van der Waals surface area contributed by atoms with E-state index in [4.69, 9.17) is 10.00 Å². The van der Waals surface area contributed by atoms with Gasteiger partial charge in [0, 0.05) is 12.0 Å². The molecule has 0 saturated carbocycles. The van der Waals surface area contributed by atoms with E-state index in [9.17, 15) is 9.18 Å². The summed E-state index contributed by atoms with van der Waals surface area (Å²) in [4.78, 5) is 16.4. The van der Waals surface area contributed by atoms with Gasteiger partial charge >= 0.3 is 5.97 Å². The Labute approximate surface area is 154 Å². The highest BCUT2D eigenvalue weighted by molar-refractivity contribution is 7.18. The van der Waals surface area contributed by atoms with Gasteiger partial charge in [0.05, 0.1) is 26.9 Å². The van der Waals surface area contributed by atoms with E-state index < -0.39 is 5.82 Å². The lowest BCUT2D eigenvalue weighted by molar-refractivity contribution is -0.145. The van der Waals surface area contributed by atoms with Crippen molar-refractivity contribution < 1.29 is 13.9 Å². The molecule has 0 aliphatic rings. The lowest BCUT2D eigenvalue weighted by Gasteiger charge is -2.06. The van der Waals surface area contributed by atoms with E-state index in [1.54, 1.807) is 11.3 Å². The Balaban J connectivity index is 1.41. The molecular formula is C20H17FN2O2S. The molecule has 2 aromatic carbocycles. The number of fused-ring (bicyclic) bond motifs is 1. The summed E-state index contributed by atoms with van der Waals surface area (Å²) < 4.78 is 19.9. The summed E-state index contributed by atoms with van der Waals surface area (Å²) in [6.07, 6.45) is 2.64. The van der Waals surface area contributed by atoms with E-state index in [2.05, 4.69) is 4.98 Å². The van der Waals surface area contributed by atoms with Gasteiger partial charge in [0.2, 0.25) is 0 Å². The number of thiazole rings is 1. The highest BCUT2D eigenvalue weighted by Gasteiger charge is 2.09. The van der Waals surface area contributed by atoms with Crippen LogP contribution in [0.4, 0.5) is 4.39 Å². The lowest BCUT2D eigenvalue weighted by atomic mass is 10.1. The predicted octanol–water partition coefficient (Wildman–Crippen LogP) is 4.76. The van der Waals surface area contributed by atoms with Crippen molar-refractivity contribution in [2.24, 2.45) is 0 Å². The maximum atomic E-state index is 13.6. The number of nitrogens with zero attached hydrogens (tertiary/aromatic N) is 2. The van der Waals surface area contributed by atoms with Gasteiger partial charge in [0.25, 0.3) is 0 Å². The third-order valence-electron chi connectivity index (χ3n) is 3.92. The largest absolute Gasteiger partial charge is 0.461 e. The number of esters is 1. The fraction of sp³-hybridized carbons (Fsp3) is 0.250. The van der Waals surface area contributed by atoms with Gasteiger partial charge in [-0.3, -0.25) is 4.79 Å². The van der Waals surface area contributed by atoms with Gasteiger partial charge < -0.3 is 4.74 Å².